The normalized spacial score (nSPS) is 10.3. The van der Waals surface area contributed by atoms with Gasteiger partial charge in [0, 0.05) is 37.1 Å². The molecule has 3 aromatic rings. The number of nitrogens with one attached hydrogen (secondary N) is 1. The minimum Gasteiger partial charge on any atom is -0.489 e. The second kappa shape index (κ2) is 8.41. The van der Waals surface area contributed by atoms with Crippen molar-refractivity contribution in [1.82, 2.24) is 0 Å². The molecule has 0 heterocycles. The first kappa shape index (κ1) is 18.5. The Labute approximate surface area is 160 Å². The van der Waals surface area contributed by atoms with Gasteiger partial charge in [0.15, 0.2) is 0 Å². The quantitative estimate of drug-likeness (QED) is 0.680. The number of rotatable bonds is 6. The second-order valence-electron chi connectivity index (χ2n) is 6.65. The minimum atomic E-state index is -0.142. The number of amides is 1. The summed E-state index contributed by atoms with van der Waals surface area (Å²) in [6.07, 6.45) is 0. The largest absolute Gasteiger partial charge is 0.489 e. The van der Waals surface area contributed by atoms with Gasteiger partial charge in [-0.3, -0.25) is 4.79 Å². The van der Waals surface area contributed by atoms with Crippen molar-refractivity contribution in [2.75, 3.05) is 24.3 Å². The highest BCUT2D eigenvalue weighted by Gasteiger charge is 2.09. The average molecular weight is 360 g/mol. The van der Waals surface area contributed by atoms with Crippen molar-refractivity contribution in [3.05, 3.63) is 89.5 Å². The number of carbonyl (C=O) groups excluding carboxylic acids is 1. The molecule has 0 aliphatic heterocycles. The number of ether oxygens (including phenoxy) is 1. The molecular formula is C23H24N2O2. The molecule has 4 heteroatoms. The fraction of sp³-hybridized carbons (Fsp3) is 0.174. The van der Waals surface area contributed by atoms with E-state index < -0.39 is 0 Å². The Bertz CT molecular complexity index is 921. The monoisotopic (exact) mass is 360 g/mol. The maximum atomic E-state index is 12.6. The Hall–Kier alpha value is -3.27. The van der Waals surface area contributed by atoms with Gasteiger partial charge >= 0.3 is 0 Å². The molecule has 0 unspecified atom stereocenters. The zero-order valence-corrected chi connectivity index (χ0v) is 15.9. The summed E-state index contributed by atoms with van der Waals surface area (Å²) in [6, 6.07) is 23.3. The van der Waals surface area contributed by atoms with Crippen molar-refractivity contribution >= 4 is 17.3 Å². The molecule has 1 amide bonds. The number of hydrogen-bond donors (Lipinski definition) is 1. The van der Waals surface area contributed by atoms with Crippen LogP contribution >= 0.6 is 0 Å². The molecular weight excluding hydrogens is 336 g/mol. The van der Waals surface area contributed by atoms with Crippen LogP contribution in [0.4, 0.5) is 11.4 Å². The van der Waals surface area contributed by atoms with E-state index in [2.05, 4.69) is 5.32 Å². The second-order valence-corrected chi connectivity index (χ2v) is 6.65. The van der Waals surface area contributed by atoms with E-state index >= 15 is 0 Å². The van der Waals surface area contributed by atoms with Gasteiger partial charge in [-0.2, -0.15) is 0 Å². The number of hydrogen-bond acceptors (Lipinski definition) is 3. The van der Waals surface area contributed by atoms with Crippen LogP contribution in [0.25, 0.3) is 0 Å². The lowest BCUT2D eigenvalue weighted by Gasteiger charge is -2.14. The number of anilines is 2. The first-order chi connectivity index (χ1) is 13.0. The lowest BCUT2D eigenvalue weighted by molar-refractivity contribution is 0.102. The molecule has 3 rings (SSSR count). The van der Waals surface area contributed by atoms with Crippen LogP contribution in [0, 0.1) is 6.92 Å². The summed E-state index contributed by atoms with van der Waals surface area (Å²) in [5, 5.41) is 2.95. The third-order valence-corrected chi connectivity index (χ3v) is 4.31. The van der Waals surface area contributed by atoms with E-state index in [0.29, 0.717) is 17.9 Å². The molecule has 0 radical (unpaired) electrons. The topological polar surface area (TPSA) is 41.6 Å². The zero-order valence-electron chi connectivity index (χ0n) is 15.9. The van der Waals surface area contributed by atoms with E-state index in [9.17, 15) is 4.79 Å². The Balaban J connectivity index is 1.72. The third-order valence-electron chi connectivity index (χ3n) is 4.31. The summed E-state index contributed by atoms with van der Waals surface area (Å²) < 4.78 is 5.94. The fourth-order valence-corrected chi connectivity index (χ4v) is 2.70. The lowest BCUT2D eigenvalue weighted by atomic mass is 10.1. The molecule has 0 spiro atoms. The summed E-state index contributed by atoms with van der Waals surface area (Å²) in [4.78, 5) is 14.6. The van der Waals surface area contributed by atoms with E-state index in [0.717, 1.165) is 22.6 Å². The summed E-state index contributed by atoms with van der Waals surface area (Å²) in [6.45, 7) is 2.48. The predicted molar refractivity (Wildman–Crippen MR) is 111 cm³/mol. The zero-order chi connectivity index (χ0) is 19.2. The van der Waals surface area contributed by atoms with Crippen LogP contribution in [0.3, 0.4) is 0 Å². The predicted octanol–water partition coefficient (Wildman–Crippen LogP) is 4.89. The average Bonchev–Trinajstić information content (AvgIpc) is 2.69. The van der Waals surface area contributed by atoms with Crippen molar-refractivity contribution < 1.29 is 9.53 Å². The summed E-state index contributed by atoms with van der Waals surface area (Å²) >= 11 is 0. The number of aryl methyl sites for hydroxylation is 1. The van der Waals surface area contributed by atoms with Crippen LogP contribution in [0.2, 0.25) is 0 Å². The van der Waals surface area contributed by atoms with E-state index in [1.807, 2.05) is 98.7 Å². The maximum absolute atomic E-state index is 12.6. The Morgan fingerprint density at radius 3 is 2.48 bits per heavy atom. The van der Waals surface area contributed by atoms with Crippen molar-refractivity contribution in [2.45, 2.75) is 13.5 Å². The highest BCUT2D eigenvalue weighted by molar-refractivity contribution is 6.04. The standard InChI is InChI=1S/C23H24N2O2/c1-17-12-13-20(15-22(17)27-16-18-8-5-4-6-9-18)24-23(26)19-10-7-11-21(14-19)25(2)3/h4-15H,16H2,1-3H3,(H,24,26). The molecule has 138 valence electrons. The van der Waals surface area contributed by atoms with Gasteiger partial charge in [-0.05, 0) is 42.3 Å². The summed E-state index contributed by atoms with van der Waals surface area (Å²) in [5.74, 6) is 0.621. The van der Waals surface area contributed by atoms with Crippen molar-refractivity contribution in [3.63, 3.8) is 0 Å². The van der Waals surface area contributed by atoms with E-state index in [1.54, 1.807) is 0 Å². The third kappa shape index (κ3) is 4.88. The molecule has 0 aromatic heterocycles. The Kier molecular flexibility index (Phi) is 5.77. The Morgan fingerprint density at radius 1 is 0.963 bits per heavy atom. The van der Waals surface area contributed by atoms with Crippen LogP contribution < -0.4 is 15.0 Å². The summed E-state index contributed by atoms with van der Waals surface area (Å²) in [5.41, 5.74) is 4.45. The van der Waals surface area contributed by atoms with Gasteiger partial charge in [-0.1, -0.05) is 42.5 Å². The molecule has 4 nitrogen and oxygen atoms in total. The highest BCUT2D eigenvalue weighted by atomic mass is 16.5. The van der Waals surface area contributed by atoms with Crippen LogP contribution in [-0.2, 0) is 6.61 Å². The van der Waals surface area contributed by atoms with Crippen molar-refractivity contribution in [3.8, 4) is 5.75 Å². The van der Waals surface area contributed by atoms with Crippen LogP contribution in [0.1, 0.15) is 21.5 Å². The minimum absolute atomic E-state index is 0.142. The molecule has 0 aliphatic rings. The van der Waals surface area contributed by atoms with Crippen LogP contribution in [0.5, 0.6) is 5.75 Å². The molecule has 3 aromatic carbocycles. The summed E-state index contributed by atoms with van der Waals surface area (Å²) in [7, 11) is 3.90. The van der Waals surface area contributed by atoms with Gasteiger partial charge in [-0.25, -0.2) is 0 Å². The number of nitrogens with zero attached hydrogens (tertiary/aromatic N) is 1. The maximum Gasteiger partial charge on any atom is 0.255 e. The van der Waals surface area contributed by atoms with Crippen LogP contribution in [0.15, 0.2) is 72.8 Å². The molecule has 0 saturated carbocycles. The highest BCUT2D eigenvalue weighted by Crippen LogP contribution is 2.24. The van der Waals surface area contributed by atoms with Gasteiger partial charge in [-0.15, -0.1) is 0 Å². The lowest BCUT2D eigenvalue weighted by Crippen LogP contribution is -2.14. The molecule has 0 aliphatic carbocycles. The van der Waals surface area contributed by atoms with Gasteiger partial charge < -0.3 is 15.0 Å². The smallest absolute Gasteiger partial charge is 0.255 e. The first-order valence-electron chi connectivity index (χ1n) is 8.89. The molecule has 1 N–H and O–H groups in total. The van der Waals surface area contributed by atoms with Gasteiger partial charge in [0.25, 0.3) is 5.91 Å². The van der Waals surface area contributed by atoms with E-state index in [-0.39, 0.29) is 5.91 Å². The Morgan fingerprint density at radius 2 is 1.74 bits per heavy atom. The SMILES string of the molecule is Cc1ccc(NC(=O)c2cccc(N(C)C)c2)cc1OCc1ccccc1. The molecule has 0 saturated heterocycles. The molecule has 27 heavy (non-hydrogen) atoms. The van der Waals surface area contributed by atoms with Crippen molar-refractivity contribution in [1.29, 1.82) is 0 Å². The van der Waals surface area contributed by atoms with Crippen molar-refractivity contribution in [2.24, 2.45) is 0 Å². The fourth-order valence-electron chi connectivity index (χ4n) is 2.70. The number of benzene rings is 3. The van der Waals surface area contributed by atoms with E-state index in [4.69, 9.17) is 4.74 Å². The molecule has 0 fully saturated rings. The van der Waals surface area contributed by atoms with Gasteiger partial charge in [0.2, 0.25) is 0 Å². The van der Waals surface area contributed by atoms with Crippen LogP contribution in [-0.4, -0.2) is 20.0 Å². The van der Waals surface area contributed by atoms with E-state index in [1.165, 1.54) is 0 Å². The molecule has 0 atom stereocenters. The van der Waals surface area contributed by atoms with Gasteiger partial charge in [0.1, 0.15) is 12.4 Å². The first-order valence-corrected chi connectivity index (χ1v) is 8.89. The molecule has 0 bridgehead atoms. The number of carbonyl (C=O) groups is 1. The van der Waals surface area contributed by atoms with Gasteiger partial charge in [0.05, 0.1) is 0 Å².